The van der Waals surface area contributed by atoms with Crippen molar-refractivity contribution in [3.05, 3.63) is 31.9 Å². The van der Waals surface area contributed by atoms with Gasteiger partial charge in [-0.1, -0.05) is 6.08 Å². The van der Waals surface area contributed by atoms with Crippen LogP contribution in [0.15, 0.2) is 27.0 Å². The van der Waals surface area contributed by atoms with E-state index in [4.69, 9.17) is 5.84 Å². The molecule has 0 aliphatic carbocycles. The van der Waals surface area contributed by atoms with Gasteiger partial charge >= 0.3 is 0 Å². The Labute approximate surface area is 111 Å². The summed E-state index contributed by atoms with van der Waals surface area (Å²) >= 11 is 8.66. The molecule has 0 amide bonds. The second-order valence-electron chi connectivity index (χ2n) is 3.21. The van der Waals surface area contributed by atoms with Gasteiger partial charge in [-0.25, -0.2) is 0 Å². The number of rotatable bonds is 6. The topological polar surface area (TPSA) is 38.0 Å². The third-order valence-corrected chi connectivity index (χ3v) is 5.48. The zero-order chi connectivity index (χ0) is 11.3. The van der Waals surface area contributed by atoms with Gasteiger partial charge in [0.2, 0.25) is 0 Å². The highest BCUT2D eigenvalue weighted by atomic mass is 79.9. The lowest BCUT2D eigenvalue weighted by atomic mass is 10.1. The smallest absolute Gasteiger partial charge is 0.0843 e. The highest BCUT2D eigenvalue weighted by Crippen LogP contribution is 2.36. The van der Waals surface area contributed by atoms with Gasteiger partial charge in [-0.2, -0.15) is 0 Å². The van der Waals surface area contributed by atoms with E-state index >= 15 is 0 Å². The van der Waals surface area contributed by atoms with Gasteiger partial charge in [0.25, 0.3) is 0 Å². The first-order chi connectivity index (χ1) is 7.19. The van der Waals surface area contributed by atoms with Crippen molar-refractivity contribution in [2.45, 2.75) is 25.3 Å². The summed E-state index contributed by atoms with van der Waals surface area (Å²) in [5.41, 5.74) is 2.85. The van der Waals surface area contributed by atoms with Crippen LogP contribution >= 0.6 is 43.2 Å². The normalized spacial score (nSPS) is 12.7. The summed E-state index contributed by atoms with van der Waals surface area (Å²) in [6, 6.07) is 2.34. The predicted molar refractivity (Wildman–Crippen MR) is 73.8 cm³/mol. The Hall–Kier alpha value is 0.320. The molecule has 1 aromatic rings. The molecule has 0 aromatic carbocycles. The first-order valence-corrected chi connectivity index (χ1v) is 7.11. The van der Waals surface area contributed by atoms with E-state index < -0.39 is 0 Å². The van der Waals surface area contributed by atoms with E-state index in [9.17, 15) is 0 Å². The first-order valence-electron chi connectivity index (χ1n) is 4.70. The summed E-state index contributed by atoms with van der Waals surface area (Å²) in [7, 11) is 0. The van der Waals surface area contributed by atoms with Crippen LogP contribution in [-0.4, -0.2) is 0 Å². The van der Waals surface area contributed by atoms with E-state index in [-0.39, 0.29) is 6.04 Å². The van der Waals surface area contributed by atoms with Crippen LogP contribution in [0.5, 0.6) is 0 Å². The maximum Gasteiger partial charge on any atom is 0.0843 e. The van der Waals surface area contributed by atoms with Gasteiger partial charge in [0.15, 0.2) is 0 Å². The largest absolute Gasteiger partial charge is 0.271 e. The first kappa shape index (κ1) is 13.4. The van der Waals surface area contributed by atoms with Crippen molar-refractivity contribution < 1.29 is 0 Å². The van der Waals surface area contributed by atoms with Crippen molar-refractivity contribution in [3.8, 4) is 0 Å². The molecule has 0 fully saturated rings. The monoisotopic (exact) mass is 352 g/mol. The number of halogens is 2. The van der Waals surface area contributed by atoms with Crippen LogP contribution in [0.2, 0.25) is 0 Å². The molecule has 0 saturated heterocycles. The Morgan fingerprint density at radius 3 is 2.80 bits per heavy atom. The van der Waals surface area contributed by atoms with Crippen molar-refractivity contribution in [2.24, 2.45) is 5.84 Å². The average Bonchev–Trinajstić information content (AvgIpc) is 2.54. The molecular weight excluding hydrogens is 340 g/mol. The molecule has 0 saturated carbocycles. The molecule has 0 aliphatic rings. The summed E-state index contributed by atoms with van der Waals surface area (Å²) in [6.45, 7) is 3.71. The fourth-order valence-corrected chi connectivity index (χ4v) is 3.49. The number of hydrazine groups is 1. The van der Waals surface area contributed by atoms with Crippen molar-refractivity contribution in [1.82, 2.24) is 5.43 Å². The van der Waals surface area contributed by atoms with Gasteiger partial charge in [0.1, 0.15) is 0 Å². The highest BCUT2D eigenvalue weighted by Gasteiger charge is 2.13. The van der Waals surface area contributed by atoms with Crippen molar-refractivity contribution in [2.75, 3.05) is 0 Å². The molecule has 0 aliphatic heterocycles. The predicted octanol–water partition coefficient (Wildman–Crippen LogP) is 4.13. The van der Waals surface area contributed by atoms with Crippen molar-refractivity contribution in [3.63, 3.8) is 0 Å². The average molecular weight is 354 g/mol. The maximum atomic E-state index is 5.55. The fourth-order valence-electron chi connectivity index (χ4n) is 1.31. The second-order valence-corrected chi connectivity index (χ2v) is 6.47. The zero-order valence-corrected chi connectivity index (χ0v) is 12.3. The SMILES string of the molecule is C=CCCCC(NN)c1cc(Br)c(Br)s1. The van der Waals surface area contributed by atoms with Crippen LogP contribution in [0.25, 0.3) is 0 Å². The molecule has 0 radical (unpaired) electrons. The lowest BCUT2D eigenvalue weighted by Gasteiger charge is -2.12. The van der Waals surface area contributed by atoms with Gasteiger partial charge in [-0.3, -0.25) is 11.3 Å². The fraction of sp³-hybridized carbons (Fsp3) is 0.400. The lowest BCUT2D eigenvalue weighted by Crippen LogP contribution is -2.27. The molecule has 5 heteroatoms. The Morgan fingerprint density at radius 1 is 1.60 bits per heavy atom. The number of allylic oxidation sites excluding steroid dienone is 1. The van der Waals surface area contributed by atoms with E-state index in [1.807, 2.05) is 6.08 Å². The Morgan fingerprint density at radius 2 is 2.33 bits per heavy atom. The van der Waals surface area contributed by atoms with Gasteiger partial charge in [-0.05, 0) is 57.2 Å². The summed E-state index contributed by atoms with van der Waals surface area (Å²) < 4.78 is 2.20. The van der Waals surface area contributed by atoms with Gasteiger partial charge in [0.05, 0.1) is 9.83 Å². The quantitative estimate of drug-likeness (QED) is 0.349. The van der Waals surface area contributed by atoms with Gasteiger partial charge in [-0.15, -0.1) is 17.9 Å². The summed E-state index contributed by atoms with van der Waals surface area (Å²) in [6.07, 6.45) is 5.10. The van der Waals surface area contributed by atoms with Crippen LogP contribution in [0.4, 0.5) is 0 Å². The third-order valence-electron chi connectivity index (χ3n) is 2.11. The van der Waals surface area contributed by atoms with Gasteiger partial charge < -0.3 is 0 Å². The molecule has 2 nitrogen and oxygen atoms in total. The molecule has 84 valence electrons. The second kappa shape index (κ2) is 6.81. The molecule has 0 bridgehead atoms. The molecule has 1 atom stereocenters. The van der Waals surface area contributed by atoms with Crippen LogP contribution in [0, 0.1) is 0 Å². The molecule has 1 unspecified atom stereocenters. The zero-order valence-electron chi connectivity index (χ0n) is 8.30. The Bertz CT molecular complexity index is 306. The minimum Gasteiger partial charge on any atom is -0.271 e. The molecule has 1 rings (SSSR count). The minimum absolute atomic E-state index is 0.234. The number of thiophene rings is 1. The molecule has 0 spiro atoms. The number of hydrogen-bond donors (Lipinski definition) is 2. The van der Waals surface area contributed by atoms with E-state index in [0.717, 1.165) is 27.5 Å². The van der Waals surface area contributed by atoms with Crippen LogP contribution < -0.4 is 11.3 Å². The Balaban J connectivity index is 2.61. The summed E-state index contributed by atoms with van der Waals surface area (Å²) in [4.78, 5) is 1.25. The maximum absolute atomic E-state index is 5.55. The van der Waals surface area contributed by atoms with E-state index in [1.165, 1.54) is 4.88 Å². The standard InChI is InChI=1S/C10H14Br2N2S/c1-2-3-4-5-8(14-13)9-6-7(11)10(12)15-9/h2,6,8,14H,1,3-5,13H2. The third kappa shape index (κ3) is 4.00. The number of unbranched alkanes of at least 4 members (excludes halogenated alkanes) is 1. The van der Waals surface area contributed by atoms with E-state index in [1.54, 1.807) is 11.3 Å². The molecule has 1 heterocycles. The van der Waals surface area contributed by atoms with Crippen LogP contribution in [0.1, 0.15) is 30.2 Å². The Kier molecular flexibility index (Phi) is 6.07. The molecule has 3 N–H and O–H groups in total. The van der Waals surface area contributed by atoms with Crippen LogP contribution in [0.3, 0.4) is 0 Å². The number of nitrogens with one attached hydrogen (secondary N) is 1. The highest BCUT2D eigenvalue weighted by molar-refractivity contribution is 9.13. The van der Waals surface area contributed by atoms with E-state index in [2.05, 4.69) is 49.9 Å². The molecule has 15 heavy (non-hydrogen) atoms. The molecular formula is C10H14Br2N2S. The van der Waals surface area contributed by atoms with E-state index in [0.29, 0.717) is 0 Å². The minimum atomic E-state index is 0.234. The van der Waals surface area contributed by atoms with Crippen molar-refractivity contribution >= 4 is 43.2 Å². The molecule has 1 aromatic heterocycles. The van der Waals surface area contributed by atoms with Crippen molar-refractivity contribution in [1.29, 1.82) is 0 Å². The summed E-state index contributed by atoms with van der Waals surface area (Å²) in [5, 5.41) is 0. The number of nitrogens with two attached hydrogens (primary N) is 1. The summed E-state index contributed by atoms with van der Waals surface area (Å²) in [5.74, 6) is 5.55. The lowest BCUT2D eigenvalue weighted by molar-refractivity contribution is 0.508. The number of hydrogen-bond acceptors (Lipinski definition) is 3. The van der Waals surface area contributed by atoms with Gasteiger partial charge in [0, 0.05) is 9.35 Å². The van der Waals surface area contributed by atoms with Crippen LogP contribution in [-0.2, 0) is 0 Å².